The molecule has 0 atom stereocenters. The van der Waals surface area contributed by atoms with Crippen LogP contribution in [0.3, 0.4) is 0 Å². The molecule has 0 aromatic heterocycles. The van der Waals surface area contributed by atoms with Crippen molar-refractivity contribution >= 4 is 20.8 Å². The summed E-state index contributed by atoms with van der Waals surface area (Å²) in [6.07, 6.45) is 0. The van der Waals surface area contributed by atoms with Crippen LogP contribution in [0.1, 0.15) is 0 Å². The molecule has 0 aromatic rings. The third-order valence-electron chi connectivity index (χ3n) is 0.172. The molecule has 0 spiro atoms. The van der Waals surface area contributed by atoms with Gasteiger partial charge in [0.2, 0.25) is 0 Å². The third-order valence-corrected chi connectivity index (χ3v) is 1.55. The molecule has 0 rings (SSSR count). The van der Waals surface area contributed by atoms with Gasteiger partial charge >= 0.3 is 20.8 Å². The zero-order valence-corrected chi connectivity index (χ0v) is 6.63. The molecule has 0 aliphatic carbocycles. The maximum Gasteiger partial charge on any atom is 0.413 e. The Labute approximate surface area is 67.8 Å². The fourth-order valence-corrected chi connectivity index (χ4v) is 0.978. The summed E-state index contributed by atoms with van der Waals surface area (Å²) >= 11 is 0. The van der Waals surface area contributed by atoms with Gasteiger partial charge in [0.25, 0.3) is 0 Å². The van der Waals surface area contributed by atoms with Gasteiger partial charge in [0.15, 0.2) is 0 Å². The molecule has 7 nitrogen and oxygen atoms in total. The molecule has 67 valence electrons. The molecule has 0 saturated heterocycles. The van der Waals surface area contributed by atoms with Crippen LogP contribution in [-0.2, 0) is 41.5 Å². The second-order valence-corrected chi connectivity index (χ2v) is 3.18. The summed E-state index contributed by atoms with van der Waals surface area (Å²) < 4.78 is 55.6. The largest absolute Gasteiger partial charge is 0.413 e. The van der Waals surface area contributed by atoms with E-state index in [1.807, 2.05) is 0 Å². The Hall–Kier alpha value is 0.299. The van der Waals surface area contributed by atoms with Crippen LogP contribution >= 0.6 is 0 Å². The fourth-order valence-electron chi connectivity index (χ4n) is 0.109. The Balaban J connectivity index is 0. The van der Waals surface area contributed by atoms with Gasteiger partial charge in [-0.05, 0) is 0 Å². The van der Waals surface area contributed by atoms with Crippen LogP contribution < -0.4 is 0 Å². The number of rotatable bonds is 2. The van der Waals surface area contributed by atoms with Crippen molar-refractivity contribution in [2.75, 3.05) is 0 Å². The molecular formula is H2CuO7S2. The summed E-state index contributed by atoms with van der Waals surface area (Å²) in [5.41, 5.74) is 0. The minimum atomic E-state index is -5.12. The SMILES string of the molecule is O=S(=O)(O)OS(=O)(=O)O.[Cu]. The summed E-state index contributed by atoms with van der Waals surface area (Å²) in [5, 5.41) is 0. The van der Waals surface area contributed by atoms with E-state index >= 15 is 0 Å². The molecular weight excluding hydrogens is 240 g/mol. The molecule has 10 heteroatoms. The summed E-state index contributed by atoms with van der Waals surface area (Å²) in [4.78, 5) is 0. The first kappa shape index (κ1) is 12.9. The van der Waals surface area contributed by atoms with Crippen molar-refractivity contribution in [2.24, 2.45) is 0 Å². The van der Waals surface area contributed by atoms with E-state index in [2.05, 4.69) is 3.63 Å². The maximum atomic E-state index is 9.44. The van der Waals surface area contributed by atoms with Gasteiger partial charge in [-0.3, -0.25) is 9.11 Å². The van der Waals surface area contributed by atoms with Crippen LogP contribution in [-0.4, -0.2) is 25.9 Å². The molecule has 0 amide bonds. The van der Waals surface area contributed by atoms with E-state index in [0.29, 0.717) is 0 Å². The van der Waals surface area contributed by atoms with Crippen molar-refractivity contribution in [3.63, 3.8) is 0 Å². The minimum Gasteiger partial charge on any atom is -0.263 e. The van der Waals surface area contributed by atoms with E-state index < -0.39 is 20.8 Å². The number of hydrogen-bond donors (Lipinski definition) is 2. The van der Waals surface area contributed by atoms with E-state index in [0.717, 1.165) is 0 Å². The van der Waals surface area contributed by atoms with Crippen molar-refractivity contribution in [3.8, 4) is 0 Å². The molecule has 0 aliphatic rings. The second kappa shape index (κ2) is 3.62. The Morgan fingerprint density at radius 2 is 1.10 bits per heavy atom. The van der Waals surface area contributed by atoms with E-state index in [1.165, 1.54) is 0 Å². The average molecular weight is 242 g/mol. The number of hydrogen-bond acceptors (Lipinski definition) is 5. The molecule has 0 aliphatic heterocycles. The minimum absolute atomic E-state index is 0. The molecule has 1 radical (unpaired) electrons. The summed E-state index contributed by atoms with van der Waals surface area (Å²) in [5.74, 6) is 0. The molecule has 0 aromatic carbocycles. The maximum absolute atomic E-state index is 9.44. The van der Waals surface area contributed by atoms with Crippen LogP contribution in [0.25, 0.3) is 0 Å². The Bertz CT molecular complexity index is 237. The average Bonchev–Trinajstić information content (AvgIpc) is 1.14. The van der Waals surface area contributed by atoms with E-state index in [1.54, 1.807) is 0 Å². The van der Waals surface area contributed by atoms with Crippen LogP contribution in [0.5, 0.6) is 0 Å². The van der Waals surface area contributed by atoms with Gasteiger partial charge in [0.1, 0.15) is 0 Å². The Kier molecular flexibility index (Phi) is 4.68. The van der Waals surface area contributed by atoms with E-state index in [4.69, 9.17) is 9.11 Å². The van der Waals surface area contributed by atoms with Gasteiger partial charge < -0.3 is 0 Å². The van der Waals surface area contributed by atoms with Gasteiger partial charge in [-0.1, -0.05) is 0 Å². The van der Waals surface area contributed by atoms with Gasteiger partial charge in [-0.15, -0.1) is 3.63 Å². The van der Waals surface area contributed by atoms with E-state index in [9.17, 15) is 16.8 Å². The molecule has 0 fully saturated rings. The van der Waals surface area contributed by atoms with Crippen LogP contribution in [0.2, 0.25) is 0 Å². The molecule has 0 saturated carbocycles. The third kappa shape index (κ3) is 11.1. The first-order valence-corrected chi connectivity index (χ1v) is 4.10. The molecule has 0 bridgehead atoms. The normalized spacial score (nSPS) is 12.2. The van der Waals surface area contributed by atoms with Crippen molar-refractivity contribution in [1.82, 2.24) is 0 Å². The second-order valence-electron chi connectivity index (χ2n) is 0.924. The smallest absolute Gasteiger partial charge is 0.263 e. The molecule has 0 heterocycles. The van der Waals surface area contributed by atoms with Gasteiger partial charge in [-0.2, -0.15) is 16.8 Å². The van der Waals surface area contributed by atoms with Crippen LogP contribution in [0.4, 0.5) is 0 Å². The summed E-state index contributed by atoms with van der Waals surface area (Å²) in [6, 6.07) is 0. The fraction of sp³-hybridized carbons (Fsp3) is 0. The van der Waals surface area contributed by atoms with Crippen LogP contribution in [0, 0.1) is 0 Å². The molecule has 2 N–H and O–H groups in total. The Morgan fingerprint density at radius 3 is 1.10 bits per heavy atom. The van der Waals surface area contributed by atoms with Crippen molar-refractivity contribution in [3.05, 3.63) is 0 Å². The van der Waals surface area contributed by atoms with Gasteiger partial charge in [0, 0.05) is 17.1 Å². The predicted molar refractivity (Wildman–Crippen MR) is 24.2 cm³/mol. The zero-order valence-electron chi connectivity index (χ0n) is 4.05. The summed E-state index contributed by atoms with van der Waals surface area (Å²) in [7, 11) is -10.2. The van der Waals surface area contributed by atoms with Gasteiger partial charge in [0.05, 0.1) is 0 Å². The van der Waals surface area contributed by atoms with Crippen LogP contribution in [0.15, 0.2) is 0 Å². The topological polar surface area (TPSA) is 118 Å². The standard InChI is InChI=1S/Cu.H2O7S2/c;1-8(2,3)7-9(4,5)6/h;(H,1,2,3)(H,4,5,6). The summed E-state index contributed by atoms with van der Waals surface area (Å²) in [6.45, 7) is 0. The zero-order chi connectivity index (χ0) is 7.71. The first-order chi connectivity index (χ1) is 3.71. The molecule has 0 unspecified atom stereocenters. The van der Waals surface area contributed by atoms with Crippen molar-refractivity contribution in [1.29, 1.82) is 0 Å². The van der Waals surface area contributed by atoms with Crippen molar-refractivity contribution in [2.45, 2.75) is 0 Å². The Morgan fingerprint density at radius 1 is 0.900 bits per heavy atom. The van der Waals surface area contributed by atoms with Crippen molar-refractivity contribution < 1.29 is 46.6 Å². The monoisotopic (exact) mass is 241 g/mol. The van der Waals surface area contributed by atoms with Gasteiger partial charge in [-0.25, -0.2) is 0 Å². The molecule has 10 heavy (non-hydrogen) atoms. The quantitative estimate of drug-likeness (QED) is 0.451. The predicted octanol–water partition coefficient (Wildman–Crippen LogP) is -1.39. The first-order valence-electron chi connectivity index (χ1n) is 1.37. The van der Waals surface area contributed by atoms with E-state index in [-0.39, 0.29) is 17.1 Å².